The summed E-state index contributed by atoms with van der Waals surface area (Å²) >= 11 is 7.36. The number of nitrogens with zero attached hydrogens (tertiary/aromatic N) is 3. The Bertz CT molecular complexity index is 1100. The molecular formula is C23H27ClN4O3S. The lowest BCUT2D eigenvalue weighted by Gasteiger charge is -2.14. The molecule has 1 fully saturated rings. The number of hydrogen-bond acceptors (Lipinski definition) is 6. The van der Waals surface area contributed by atoms with Crippen molar-refractivity contribution < 1.29 is 14.3 Å². The highest BCUT2D eigenvalue weighted by Crippen LogP contribution is 2.24. The van der Waals surface area contributed by atoms with Gasteiger partial charge in [-0.1, -0.05) is 23.4 Å². The standard InChI is InChI=1S/C23H27ClN4O3S/c1-14-9-17(6-7-20(14)24)31-12-22-25-23(27-26-22)32-13-21(29)19-10-15(2)28(16(19)3)11-18-5-4-8-30-18/h6-7,9-10,18H,4-5,8,11-13H2,1-3H3,(H,25,26,27). The Hall–Kier alpha value is -2.29. The minimum Gasteiger partial charge on any atom is -0.486 e. The number of Topliss-reactive ketones (excluding diaryl/α,β-unsaturated/α-hetero) is 1. The molecule has 1 N–H and O–H groups in total. The van der Waals surface area contributed by atoms with Crippen LogP contribution in [0.3, 0.4) is 0 Å². The number of aromatic nitrogens is 4. The second kappa shape index (κ2) is 10.1. The van der Waals surface area contributed by atoms with Gasteiger partial charge < -0.3 is 14.0 Å². The number of nitrogens with one attached hydrogen (secondary N) is 1. The van der Waals surface area contributed by atoms with Gasteiger partial charge in [-0.15, -0.1) is 5.10 Å². The number of benzene rings is 1. The van der Waals surface area contributed by atoms with Crippen LogP contribution >= 0.6 is 23.4 Å². The molecule has 3 heterocycles. The van der Waals surface area contributed by atoms with Crippen molar-refractivity contribution in [2.24, 2.45) is 0 Å². The van der Waals surface area contributed by atoms with E-state index >= 15 is 0 Å². The summed E-state index contributed by atoms with van der Waals surface area (Å²) in [6, 6.07) is 7.47. The molecule has 0 aliphatic carbocycles. The van der Waals surface area contributed by atoms with Crippen molar-refractivity contribution in [1.82, 2.24) is 19.7 Å². The lowest BCUT2D eigenvalue weighted by atomic mass is 10.2. The third-order valence-corrected chi connectivity index (χ3v) is 6.90. The van der Waals surface area contributed by atoms with Crippen LogP contribution in [0.5, 0.6) is 5.75 Å². The van der Waals surface area contributed by atoms with E-state index in [-0.39, 0.29) is 24.2 Å². The van der Waals surface area contributed by atoms with E-state index in [0.29, 0.717) is 21.8 Å². The lowest BCUT2D eigenvalue weighted by Crippen LogP contribution is -2.17. The predicted octanol–water partition coefficient (Wildman–Crippen LogP) is 4.92. The van der Waals surface area contributed by atoms with Crippen molar-refractivity contribution in [2.75, 3.05) is 12.4 Å². The summed E-state index contributed by atoms with van der Waals surface area (Å²) in [5.41, 5.74) is 3.78. The van der Waals surface area contributed by atoms with E-state index in [1.54, 1.807) is 6.07 Å². The quantitative estimate of drug-likeness (QED) is 0.350. The number of carbonyl (C=O) groups is 1. The highest BCUT2D eigenvalue weighted by atomic mass is 35.5. The molecule has 0 spiro atoms. The summed E-state index contributed by atoms with van der Waals surface area (Å²) < 4.78 is 13.7. The zero-order chi connectivity index (χ0) is 22.7. The van der Waals surface area contributed by atoms with E-state index in [0.717, 1.165) is 48.5 Å². The molecule has 1 aliphatic rings. The molecule has 1 atom stereocenters. The van der Waals surface area contributed by atoms with Crippen LogP contribution in [-0.2, 0) is 17.9 Å². The van der Waals surface area contributed by atoms with Crippen molar-refractivity contribution in [2.45, 2.75) is 58.0 Å². The molecule has 7 nitrogen and oxygen atoms in total. The van der Waals surface area contributed by atoms with E-state index in [4.69, 9.17) is 21.1 Å². The van der Waals surface area contributed by atoms with Crippen LogP contribution in [0.25, 0.3) is 0 Å². The number of ketones is 1. The minimum atomic E-state index is 0.0703. The largest absolute Gasteiger partial charge is 0.486 e. The van der Waals surface area contributed by atoms with Crippen LogP contribution in [0.1, 0.15) is 46.0 Å². The van der Waals surface area contributed by atoms with E-state index in [1.165, 1.54) is 11.8 Å². The van der Waals surface area contributed by atoms with Crippen molar-refractivity contribution in [3.8, 4) is 5.75 Å². The number of ether oxygens (including phenoxy) is 2. The lowest BCUT2D eigenvalue weighted by molar-refractivity contribution is 0.0957. The first-order valence-electron chi connectivity index (χ1n) is 10.6. The maximum absolute atomic E-state index is 12.9. The van der Waals surface area contributed by atoms with Crippen LogP contribution in [-0.4, -0.2) is 44.0 Å². The van der Waals surface area contributed by atoms with Gasteiger partial charge in [0, 0.05) is 35.1 Å². The van der Waals surface area contributed by atoms with Crippen LogP contribution < -0.4 is 4.74 Å². The molecule has 2 aromatic heterocycles. The van der Waals surface area contributed by atoms with Crippen molar-refractivity contribution in [3.63, 3.8) is 0 Å². The first-order chi connectivity index (χ1) is 15.4. The number of H-pyrrole nitrogens is 1. The van der Waals surface area contributed by atoms with E-state index in [2.05, 4.69) is 19.7 Å². The first kappa shape index (κ1) is 22.9. The zero-order valence-electron chi connectivity index (χ0n) is 18.5. The van der Waals surface area contributed by atoms with Crippen LogP contribution in [0.2, 0.25) is 5.02 Å². The average molecular weight is 475 g/mol. The highest BCUT2D eigenvalue weighted by molar-refractivity contribution is 7.99. The summed E-state index contributed by atoms with van der Waals surface area (Å²) in [6.07, 6.45) is 2.42. The number of aromatic amines is 1. The summed E-state index contributed by atoms with van der Waals surface area (Å²) in [4.78, 5) is 17.3. The summed E-state index contributed by atoms with van der Waals surface area (Å²) in [5.74, 6) is 1.66. The Kier molecular flexibility index (Phi) is 7.23. The Morgan fingerprint density at radius 3 is 2.94 bits per heavy atom. The van der Waals surface area contributed by atoms with E-state index < -0.39 is 0 Å². The Morgan fingerprint density at radius 1 is 1.34 bits per heavy atom. The van der Waals surface area contributed by atoms with E-state index in [9.17, 15) is 4.79 Å². The number of halogens is 1. The number of rotatable bonds is 9. The van der Waals surface area contributed by atoms with Gasteiger partial charge in [-0.05, 0) is 63.4 Å². The normalized spacial score (nSPS) is 15.9. The van der Waals surface area contributed by atoms with Gasteiger partial charge in [0.15, 0.2) is 11.6 Å². The maximum atomic E-state index is 12.9. The molecule has 0 saturated carbocycles. The molecule has 0 amide bonds. The van der Waals surface area contributed by atoms with E-state index in [1.807, 2.05) is 39.0 Å². The molecule has 9 heteroatoms. The number of carbonyl (C=O) groups excluding carboxylic acids is 1. The fourth-order valence-electron chi connectivity index (χ4n) is 3.83. The number of aryl methyl sites for hydroxylation is 2. The minimum absolute atomic E-state index is 0.0703. The van der Waals surface area contributed by atoms with Gasteiger partial charge in [0.05, 0.1) is 11.9 Å². The SMILES string of the molecule is Cc1cc(OCc2nc(SCC(=O)c3cc(C)n(CC4CCCO4)c3C)n[nH]2)ccc1Cl. The molecule has 4 rings (SSSR count). The van der Waals surface area contributed by atoms with Gasteiger partial charge >= 0.3 is 0 Å². The zero-order valence-corrected chi connectivity index (χ0v) is 20.1. The average Bonchev–Trinajstić information content (AvgIpc) is 3.51. The third-order valence-electron chi connectivity index (χ3n) is 5.63. The molecule has 32 heavy (non-hydrogen) atoms. The highest BCUT2D eigenvalue weighted by Gasteiger charge is 2.21. The molecule has 1 unspecified atom stereocenters. The van der Waals surface area contributed by atoms with Gasteiger partial charge in [-0.2, -0.15) is 0 Å². The monoisotopic (exact) mass is 474 g/mol. The summed E-state index contributed by atoms with van der Waals surface area (Å²) in [5, 5.41) is 8.29. The second-order valence-electron chi connectivity index (χ2n) is 8.01. The first-order valence-corrected chi connectivity index (χ1v) is 12.0. The Balaban J connectivity index is 1.31. The fraction of sp³-hybridized carbons (Fsp3) is 0.435. The van der Waals surface area contributed by atoms with Gasteiger partial charge in [0.25, 0.3) is 0 Å². The van der Waals surface area contributed by atoms with Crippen molar-refractivity contribution in [3.05, 3.63) is 57.6 Å². The topological polar surface area (TPSA) is 82.0 Å². The molecule has 1 saturated heterocycles. The van der Waals surface area contributed by atoms with Crippen LogP contribution in [0.4, 0.5) is 0 Å². The smallest absolute Gasteiger partial charge is 0.208 e. The Labute approximate surface area is 196 Å². The molecular weight excluding hydrogens is 448 g/mol. The predicted molar refractivity (Wildman–Crippen MR) is 125 cm³/mol. The maximum Gasteiger partial charge on any atom is 0.208 e. The van der Waals surface area contributed by atoms with Gasteiger partial charge in [-0.25, -0.2) is 4.98 Å². The molecule has 0 radical (unpaired) electrons. The second-order valence-corrected chi connectivity index (χ2v) is 9.36. The number of thioether (sulfide) groups is 1. The van der Waals surface area contributed by atoms with Crippen LogP contribution in [0.15, 0.2) is 29.4 Å². The van der Waals surface area contributed by atoms with Crippen molar-refractivity contribution in [1.29, 1.82) is 0 Å². The van der Waals surface area contributed by atoms with Gasteiger partial charge in [-0.3, -0.25) is 9.89 Å². The van der Waals surface area contributed by atoms with Crippen LogP contribution in [0, 0.1) is 20.8 Å². The fourth-order valence-corrected chi connectivity index (χ4v) is 4.65. The Morgan fingerprint density at radius 2 is 2.19 bits per heavy atom. The molecule has 170 valence electrons. The third kappa shape index (κ3) is 5.36. The molecule has 1 aromatic carbocycles. The molecule has 3 aromatic rings. The number of hydrogen-bond donors (Lipinski definition) is 1. The molecule has 1 aliphatic heterocycles. The molecule has 0 bridgehead atoms. The summed E-state index contributed by atoms with van der Waals surface area (Å²) in [7, 11) is 0. The van der Waals surface area contributed by atoms with Gasteiger partial charge in [0.2, 0.25) is 5.16 Å². The summed E-state index contributed by atoms with van der Waals surface area (Å²) in [6.45, 7) is 7.85. The van der Waals surface area contributed by atoms with Gasteiger partial charge in [0.1, 0.15) is 12.4 Å². The van der Waals surface area contributed by atoms with Crippen molar-refractivity contribution >= 4 is 29.1 Å².